The van der Waals surface area contributed by atoms with E-state index in [1.165, 1.54) is 18.6 Å². The Morgan fingerprint density at radius 2 is 1.50 bits per heavy atom. The summed E-state index contributed by atoms with van der Waals surface area (Å²) in [7, 11) is 0. The van der Waals surface area contributed by atoms with Gasteiger partial charge in [-0.25, -0.2) is 9.59 Å². The van der Waals surface area contributed by atoms with Crippen molar-refractivity contribution in [3.05, 3.63) is 60.6 Å². The highest BCUT2D eigenvalue weighted by molar-refractivity contribution is 5.97. The molecule has 6 heteroatoms. The molecule has 0 heterocycles. The summed E-state index contributed by atoms with van der Waals surface area (Å²) in [6, 6.07) is 4.66. The largest absolute Gasteiger partial charge is 0.502 e. The molecule has 0 aliphatic heterocycles. The third kappa shape index (κ3) is 7.42. The van der Waals surface area contributed by atoms with E-state index in [9.17, 15) is 14.7 Å². The normalized spacial score (nSPS) is 10.0. The van der Waals surface area contributed by atoms with Gasteiger partial charge >= 0.3 is 11.9 Å². The van der Waals surface area contributed by atoms with Gasteiger partial charge in [0, 0.05) is 0 Å². The average Bonchev–Trinajstić information content (AvgIpc) is 2.64. The third-order valence-electron chi connectivity index (χ3n) is 3.69. The summed E-state index contributed by atoms with van der Waals surface area (Å²) in [6.45, 7) is 8.20. The first-order valence-corrected chi connectivity index (χ1v) is 8.59. The quantitative estimate of drug-likeness (QED) is 0.306. The second kappa shape index (κ2) is 12.6. The molecule has 0 aliphatic carbocycles. The number of ether oxygens (including phenoxy) is 3. The Balaban J connectivity index is 2.70. The smallest absolute Gasteiger partial charge is 0.338 e. The monoisotopic (exact) mass is 362 g/mol. The number of hydrogen-bond donors (Lipinski definition) is 1. The number of carbonyl (C=O) groups excluding carboxylic acids is 1. The molecule has 0 bridgehead atoms. The molecule has 0 spiro atoms. The van der Waals surface area contributed by atoms with E-state index >= 15 is 0 Å². The van der Waals surface area contributed by atoms with E-state index in [4.69, 9.17) is 14.2 Å². The lowest BCUT2D eigenvalue weighted by Crippen LogP contribution is -2.14. The maximum Gasteiger partial charge on any atom is 0.338 e. The first kappa shape index (κ1) is 21.3. The van der Waals surface area contributed by atoms with Gasteiger partial charge in [-0.15, -0.1) is 0 Å². The van der Waals surface area contributed by atoms with E-state index in [0.717, 1.165) is 12.8 Å². The Hall–Kier alpha value is -2.76. The molecule has 0 amide bonds. The fourth-order valence-electron chi connectivity index (χ4n) is 2.43. The maximum absolute atomic E-state index is 12.4. The molecule has 1 rings (SSSR count). The zero-order valence-corrected chi connectivity index (χ0v) is 14.9. The predicted octanol–water partition coefficient (Wildman–Crippen LogP) is 3.96. The molecule has 1 aromatic rings. The highest BCUT2D eigenvalue weighted by Crippen LogP contribution is 2.19. The van der Waals surface area contributed by atoms with Crippen LogP contribution >= 0.6 is 0 Å². The van der Waals surface area contributed by atoms with E-state index in [1.54, 1.807) is 12.1 Å². The summed E-state index contributed by atoms with van der Waals surface area (Å²) in [6.07, 6.45) is 6.02. The van der Waals surface area contributed by atoms with Gasteiger partial charge in [-0.1, -0.05) is 19.2 Å². The number of unbranched alkanes of at least 4 members (excludes halogenated alkanes) is 2. The van der Waals surface area contributed by atoms with Crippen molar-refractivity contribution in [2.24, 2.45) is 0 Å². The van der Waals surface area contributed by atoms with Crippen molar-refractivity contribution in [3.8, 4) is 0 Å². The number of carbonyl (C=O) groups is 2. The van der Waals surface area contributed by atoms with Crippen LogP contribution in [-0.2, 0) is 20.6 Å². The van der Waals surface area contributed by atoms with Crippen LogP contribution in [0.4, 0.5) is 0 Å². The van der Waals surface area contributed by atoms with Crippen LogP contribution < -0.4 is 0 Å². The molecular formula is C20H26O6. The molecule has 0 aliphatic rings. The maximum atomic E-state index is 12.4. The molecule has 1 aromatic carbocycles. The van der Waals surface area contributed by atoms with Crippen LogP contribution in [0.2, 0.25) is 0 Å². The van der Waals surface area contributed by atoms with Crippen molar-refractivity contribution < 1.29 is 28.9 Å². The number of carboxylic acids is 1. The number of hydrogen-bond acceptors (Lipinski definition) is 5. The van der Waals surface area contributed by atoms with Crippen LogP contribution in [-0.4, -0.2) is 36.9 Å². The highest BCUT2D eigenvalue weighted by atomic mass is 16.5. The van der Waals surface area contributed by atoms with Crippen LogP contribution in [0.1, 0.15) is 52.0 Å². The van der Waals surface area contributed by atoms with Gasteiger partial charge in [0.25, 0.3) is 0 Å². The van der Waals surface area contributed by atoms with Crippen LogP contribution in [0.5, 0.6) is 0 Å². The van der Waals surface area contributed by atoms with Crippen LogP contribution in [0.15, 0.2) is 43.9 Å². The Bertz CT molecular complexity index is 608. The molecule has 1 N–H and O–H groups in total. The van der Waals surface area contributed by atoms with Gasteiger partial charge in [0.1, 0.15) is 0 Å². The Morgan fingerprint density at radius 3 is 2.12 bits per heavy atom. The van der Waals surface area contributed by atoms with E-state index in [-0.39, 0.29) is 12.2 Å². The minimum absolute atomic E-state index is 0.128. The number of rotatable bonds is 14. The predicted molar refractivity (Wildman–Crippen MR) is 98.2 cm³/mol. The molecule has 0 saturated carbocycles. The zero-order valence-electron chi connectivity index (χ0n) is 14.9. The summed E-state index contributed by atoms with van der Waals surface area (Å²) in [5.74, 6) is -1.56. The minimum atomic E-state index is -1.06. The molecule has 0 atom stereocenters. The molecule has 0 saturated heterocycles. The third-order valence-corrected chi connectivity index (χ3v) is 3.69. The first-order valence-electron chi connectivity index (χ1n) is 8.59. The lowest BCUT2D eigenvalue weighted by atomic mass is 9.96. The molecule has 0 radical (unpaired) electrons. The van der Waals surface area contributed by atoms with Gasteiger partial charge < -0.3 is 19.3 Å². The van der Waals surface area contributed by atoms with E-state index < -0.39 is 11.9 Å². The Kier molecular flexibility index (Phi) is 10.3. The molecular weight excluding hydrogens is 336 g/mol. The Morgan fingerprint density at radius 1 is 0.923 bits per heavy atom. The minimum Gasteiger partial charge on any atom is -0.502 e. The number of esters is 1. The number of benzene rings is 1. The number of carboxylic acid groups (broad SMARTS) is 1. The van der Waals surface area contributed by atoms with Gasteiger partial charge in [0.2, 0.25) is 0 Å². The van der Waals surface area contributed by atoms with Crippen molar-refractivity contribution in [2.75, 3.05) is 19.8 Å². The van der Waals surface area contributed by atoms with Crippen molar-refractivity contribution in [3.63, 3.8) is 0 Å². The van der Waals surface area contributed by atoms with Crippen molar-refractivity contribution in [1.29, 1.82) is 0 Å². The van der Waals surface area contributed by atoms with Gasteiger partial charge in [-0.2, -0.15) is 0 Å². The molecule has 0 unspecified atom stereocenters. The van der Waals surface area contributed by atoms with Crippen LogP contribution in [0, 0.1) is 0 Å². The first-order chi connectivity index (χ1) is 12.6. The fourth-order valence-corrected chi connectivity index (χ4v) is 2.43. The summed E-state index contributed by atoms with van der Waals surface area (Å²) in [5, 5.41) is 9.40. The standard InChI is InChI=1S/C20H26O6/c1-3-24-13-6-5-10-16-17(19(21)22)11-9-12-18(16)20(23)26-15-8-7-14-25-4-2/h3-4,9,11-12H,1-2,5-8,10,13-15H2,(H,21,22). The van der Waals surface area contributed by atoms with Gasteiger partial charge in [0.15, 0.2) is 0 Å². The lowest BCUT2D eigenvalue weighted by molar-refractivity contribution is 0.0490. The summed E-state index contributed by atoms with van der Waals surface area (Å²) in [4.78, 5) is 23.8. The van der Waals surface area contributed by atoms with Gasteiger partial charge in [-0.3, -0.25) is 0 Å². The highest BCUT2D eigenvalue weighted by Gasteiger charge is 2.19. The van der Waals surface area contributed by atoms with Crippen molar-refractivity contribution in [2.45, 2.75) is 32.1 Å². The van der Waals surface area contributed by atoms with E-state index in [0.29, 0.717) is 43.6 Å². The Labute approximate surface area is 154 Å². The second-order valence-corrected chi connectivity index (χ2v) is 5.51. The van der Waals surface area contributed by atoms with E-state index in [2.05, 4.69) is 13.2 Å². The molecule has 142 valence electrons. The SMILES string of the molecule is C=COCCCCOC(=O)c1cccc(C(=O)O)c1CCCCOC=C. The molecule has 26 heavy (non-hydrogen) atoms. The molecule has 0 fully saturated rings. The zero-order chi connectivity index (χ0) is 19.2. The van der Waals surface area contributed by atoms with Crippen molar-refractivity contribution in [1.82, 2.24) is 0 Å². The van der Waals surface area contributed by atoms with Gasteiger partial charge in [-0.05, 0) is 49.8 Å². The molecule has 0 aromatic heterocycles. The number of aromatic carboxylic acids is 1. The fraction of sp³-hybridized carbons (Fsp3) is 0.400. The topological polar surface area (TPSA) is 82.1 Å². The average molecular weight is 362 g/mol. The molecule has 6 nitrogen and oxygen atoms in total. The second-order valence-electron chi connectivity index (χ2n) is 5.51. The summed E-state index contributed by atoms with van der Waals surface area (Å²) < 4.78 is 15.3. The van der Waals surface area contributed by atoms with Crippen molar-refractivity contribution >= 4 is 11.9 Å². The van der Waals surface area contributed by atoms with Crippen LogP contribution in [0.25, 0.3) is 0 Å². The summed E-state index contributed by atoms with van der Waals surface area (Å²) >= 11 is 0. The van der Waals surface area contributed by atoms with E-state index in [1.807, 2.05) is 0 Å². The van der Waals surface area contributed by atoms with Crippen LogP contribution in [0.3, 0.4) is 0 Å². The summed E-state index contributed by atoms with van der Waals surface area (Å²) in [5.41, 5.74) is 0.930. The van der Waals surface area contributed by atoms with Gasteiger partial charge in [0.05, 0.1) is 43.5 Å². The lowest BCUT2D eigenvalue weighted by Gasteiger charge is -2.12.